The molecule has 22 heteroatoms. The number of unbranched alkanes of at least 4 members (excludes halogenated alkanes) is 3. The van der Waals surface area contributed by atoms with Crippen molar-refractivity contribution in [2.45, 2.75) is 59.3 Å². The third kappa shape index (κ3) is 8.08. The molecule has 1 nitrogen and oxygen atoms in total. The number of rotatable bonds is 13. The Kier molecular flexibility index (Phi) is 15.7. The lowest BCUT2D eigenvalue weighted by molar-refractivity contribution is -0.900. The van der Waals surface area contributed by atoms with Gasteiger partial charge in [0.1, 0.15) is 52.7 Å². The van der Waals surface area contributed by atoms with E-state index < -0.39 is 144 Å². The first-order valence-corrected chi connectivity index (χ1v) is 17.1. The van der Waals surface area contributed by atoms with Crippen molar-refractivity contribution in [1.29, 1.82) is 0 Å². The monoisotopic (exact) mass is 865 g/mol. The second kappa shape index (κ2) is 19.1. The standard InChI is InChI=1S/C24BF20.C12H27N/c26-5-1(6(27)14(35)21(42)13(5)34)25(2-7(28)15(36)22(43)16(37)8(2)29,3-9(30)17(38)23(44)18(39)10(3)31)4-11(32)19(40)24(45)20(41)12(4)33;1-4-7-10-13(11-8-5-2)12-9-6-3/h;4-12H2,1-3H3/q-1;/p+1. The number of halogens is 20. The van der Waals surface area contributed by atoms with Crippen LogP contribution in [0.2, 0.25) is 0 Å². The van der Waals surface area contributed by atoms with Crippen LogP contribution in [0.4, 0.5) is 87.8 Å². The zero-order chi connectivity index (χ0) is 44.3. The number of hydrogen-bond acceptors (Lipinski definition) is 0. The van der Waals surface area contributed by atoms with Crippen LogP contribution >= 0.6 is 0 Å². The molecule has 320 valence electrons. The topological polar surface area (TPSA) is 4.44 Å². The van der Waals surface area contributed by atoms with Gasteiger partial charge >= 0.3 is 0 Å². The van der Waals surface area contributed by atoms with Gasteiger partial charge in [-0.25, -0.2) is 87.8 Å². The first-order valence-electron chi connectivity index (χ1n) is 17.1. The summed E-state index contributed by atoms with van der Waals surface area (Å²) in [5.74, 6) is -71.4. The highest BCUT2D eigenvalue weighted by Gasteiger charge is 2.52. The van der Waals surface area contributed by atoms with Crippen molar-refractivity contribution in [1.82, 2.24) is 0 Å². The summed E-state index contributed by atoms with van der Waals surface area (Å²) in [6.45, 7) is 11.1. The highest BCUT2D eigenvalue weighted by atomic mass is 19.2. The average Bonchev–Trinajstić information content (AvgIpc) is 3.20. The molecule has 58 heavy (non-hydrogen) atoms. The van der Waals surface area contributed by atoms with E-state index in [0.29, 0.717) is 0 Å². The number of hydrogen-bond donors (Lipinski definition) is 1. The molecular formula is C36H28BF20N. The lowest BCUT2D eigenvalue weighted by Crippen LogP contribution is -3.12. The van der Waals surface area contributed by atoms with Crippen LogP contribution in [0.1, 0.15) is 59.3 Å². The molecule has 0 spiro atoms. The molecule has 4 aromatic rings. The third-order valence-corrected chi connectivity index (χ3v) is 9.36. The van der Waals surface area contributed by atoms with Gasteiger partial charge in [-0.3, -0.25) is 0 Å². The normalized spacial score (nSPS) is 11.8. The second-order valence-corrected chi connectivity index (χ2v) is 12.9. The van der Waals surface area contributed by atoms with Crippen LogP contribution in [0.15, 0.2) is 0 Å². The largest absolute Gasteiger partial charge is 0.335 e. The molecule has 0 aliphatic rings. The summed E-state index contributed by atoms with van der Waals surface area (Å²) in [4.78, 5) is 1.84. The van der Waals surface area contributed by atoms with E-state index >= 15 is 35.1 Å². The Bertz CT molecular complexity index is 1770. The van der Waals surface area contributed by atoms with Crippen LogP contribution in [0.5, 0.6) is 0 Å². The van der Waals surface area contributed by atoms with Crippen LogP contribution in [0.25, 0.3) is 0 Å². The molecule has 4 rings (SSSR count). The van der Waals surface area contributed by atoms with Gasteiger partial charge in [-0.15, -0.1) is 21.9 Å². The molecule has 4 aromatic carbocycles. The van der Waals surface area contributed by atoms with E-state index in [4.69, 9.17) is 0 Å². The maximum atomic E-state index is 15.4. The molecule has 1 N–H and O–H groups in total. The van der Waals surface area contributed by atoms with E-state index in [1.165, 1.54) is 58.2 Å². The Hall–Kier alpha value is -4.50. The minimum atomic E-state index is -7.22. The summed E-state index contributed by atoms with van der Waals surface area (Å²) in [5.41, 5.74) is -14.3. The summed E-state index contributed by atoms with van der Waals surface area (Å²) < 4.78 is 294. The van der Waals surface area contributed by atoms with E-state index in [-0.39, 0.29) is 0 Å². The molecular weight excluding hydrogens is 837 g/mol. The SMILES string of the molecule is CCCC[NH+](CCCC)CCCC.Fc1c(F)c(F)c([B-](c2c(F)c(F)c(F)c(F)c2F)(c2c(F)c(F)c(F)c(F)c2F)c2c(F)c(F)c(F)c(F)c2F)c(F)c1F. The number of nitrogens with one attached hydrogen (secondary N) is 1. The Morgan fingerprint density at radius 1 is 0.259 bits per heavy atom. The fourth-order valence-electron chi connectivity index (χ4n) is 6.53. The quantitative estimate of drug-likeness (QED) is 0.0600. The molecule has 0 amide bonds. The number of benzene rings is 4. The second-order valence-electron chi connectivity index (χ2n) is 12.9. The summed E-state index contributed by atoms with van der Waals surface area (Å²) in [6.07, 6.45) is 1.05. The minimum absolute atomic E-state index is 1.35. The summed E-state index contributed by atoms with van der Waals surface area (Å²) in [7, 11) is 0. The van der Waals surface area contributed by atoms with Crippen LogP contribution in [-0.2, 0) is 0 Å². The molecule has 0 aliphatic carbocycles. The Morgan fingerprint density at radius 2 is 0.397 bits per heavy atom. The van der Waals surface area contributed by atoms with Gasteiger partial charge in [0.25, 0.3) is 0 Å². The highest BCUT2D eigenvalue weighted by molar-refractivity contribution is 7.20. The molecule has 0 heterocycles. The van der Waals surface area contributed by atoms with Gasteiger partial charge in [0.2, 0.25) is 0 Å². The molecule has 0 saturated heterocycles. The Balaban J connectivity index is 0.000000594. The predicted octanol–water partition coefficient (Wildman–Crippen LogP) is 8.12. The lowest BCUT2D eigenvalue weighted by atomic mass is 9.12. The average molecular weight is 865 g/mol. The zero-order valence-electron chi connectivity index (χ0n) is 30.0. The van der Waals surface area contributed by atoms with Crippen LogP contribution in [0.3, 0.4) is 0 Å². The Labute approximate surface area is 316 Å². The van der Waals surface area contributed by atoms with Crippen molar-refractivity contribution in [2.24, 2.45) is 0 Å². The maximum absolute atomic E-state index is 15.4. The van der Waals surface area contributed by atoms with Gasteiger partial charge in [-0.1, -0.05) is 40.0 Å². The van der Waals surface area contributed by atoms with Gasteiger partial charge in [-0.2, -0.15) is 0 Å². The van der Waals surface area contributed by atoms with Gasteiger partial charge < -0.3 is 4.90 Å². The fourth-order valence-corrected chi connectivity index (χ4v) is 6.53. The van der Waals surface area contributed by atoms with E-state index in [2.05, 4.69) is 20.8 Å². The summed E-state index contributed by atoms with van der Waals surface area (Å²) in [6, 6.07) is 0. The molecule has 0 bridgehead atoms. The molecule has 0 unspecified atom stereocenters. The lowest BCUT2D eigenvalue weighted by Gasteiger charge is -2.44. The maximum Gasteiger partial charge on any atom is 0.200 e. The Morgan fingerprint density at radius 3 is 0.534 bits per heavy atom. The van der Waals surface area contributed by atoms with Crippen molar-refractivity contribution in [2.75, 3.05) is 19.6 Å². The summed E-state index contributed by atoms with van der Waals surface area (Å²) in [5, 5.41) is 0. The van der Waals surface area contributed by atoms with Gasteiger partial charge in [0.15, 0.2) is 69.8 Å². The molecule has 0 aromatic heterocycles. The predicted molar refractivity (Wildman–Crippen MR) is 170 cm³/mol. The fraction of sp³-hybridized carbons (Fsp3) is 0.333. The van der Waals surface area contributed by atoms with E-state index in [0.717, 1.165) is 0 Å². The smallest absolute Gasteiger partial charge is 0.200 e. The van der Waals surface area contributed by atoms with E-state index in [9.17, 15) is 52.7 Å². The van der Waals surface area contributed by atoms with Crippen molar-refractivity contribution in [3.63, 3.8) is 0 Å². The molecule has 0 radical (unpaired) electrons. The molecule has 0 fully saturated rings. The third-order valence-electron chi connectivity index (χ3n) is 9.36. The van der Waals surface area contributed by atoms with Gasteiger partial charge in [0, 0.05) is 0 Å². The van der Waals surface area contributed by atoms with Crippen LogP contribution in [-0.4, -0.2) is 25.8 Å². The van der Waals surface area contributed by atoms with Crippen molar-refractivity contribution < 1.29 is 92.7 Å². The molecule has 0 saturated carbocycles. The van der Waals surface area contributed by atoms with Gasteiger partial charge in [-0.05, 0) is 19.3 Å². The van der Waals surface area contributed by atoms with Crippen molar-refractivity contribution in [3.8, 4) is 0 Å². The molecule has 0 aliphatic heterocycles. The first-order chi connectivity index (χ1) is 27.0. The molecule has 0 atom stereocenters. The van der Waals surface area contributed by atoms with Crippen LogP contribution < -0.4 is 26.8 Å². The first kappa shape index (κ1) is 47.9. The van der Waals surface area contributed by atoms with Gasteiger partial charge in [0.05, 0.1) is 19.6 Å². The van der Waals surface area contributed by atoms with Crippen LogP contribution in [0, 0.1) is 116 Å². The van der Waals surface area contributed by atoms with E-state index in [1.807, 2.05) is 4.90 Å². The van der Waals surface area contributed by atoms with E-state index in [1.54, 1.807) is 0 Å². The van der Waals surface area contributed by atoms with Crippen molar-refractivity contribution >= 4 is 28.0 Å². The highest BCUT2D eigenvalue weighted by Crippen LogP contribution is 2.30. The van der Waals surface area contributed by atoms with Crippen molar-refractivity contribution in [3.05, 3.63) is 116 Å². The number of quaternary nitrogens is 1. The zero-order valence-corrected chi connectivity index (χ0v) is 30.0. The summed E-state index contributed by atoms with van der Waals surface area (Å²) >= 11 is 0. The minimum Gasteiger partial charge on any atom is -0.335 e.